The molecular formula is C24H23FN4O2S2. The van der Waals surface area contributed by atoms with Gasteiger partial charge in [0.05, 0.1) is 24.6 Å². The van der Waals surface area contributed by atoms with Crippen molar-refractivity contribution in [3.63, 3.8) is 0 Å². The average molecular weight is 483 g/mol. The first kappa shape index (κ1) is 23.0. The van der Waals surface area contributed by atoms with E-state index in [1.54, 1.807) is 46.1 Å². The van der Waals surface area contributed by atoms with Crippen molar-refractivity contribution in [1.82, 2.24) is 19.7 Å². The number of amides is 1. The second kappa shape index (κ2) is 10.6. The molecule has 2 heterocycles. The summed E-state index contributed by atoms with van der Waals surface area (Å²) in [4.78, 5) is 15.5. The number of halogens is 1. The molecule has 0 unspecified atom stereocenters. The minimum Gasteiger partial charge on any atom is -0.494 e. The fourth-order valence-electron chi connectivity index (χ4n) is 3.23. The van der Waals surface area contributed by atoms with Gasteiger partial charge in [0.1, 0.15) is 11.6 Å². The fraction of sp³-hybridized carbons (Fsp3) is 0.208. The van der Waals surface area contributed by atoms with Gasteiger partial charge in [0.15, 0.2) is 11.0 Å². The van der Waals surface area contributed by atoms with Gasteiger partial charge in [-0.15, -0.1) is 21.5 Å². The van der Waals surface area contributed by atoms with Crippen molar-refractivity contribution >= 4 is 29.0 Å². The van der Waals surface area contributed by atoms with Crippen molar-refractivity contribution in [3.05, 3.63) is 76.7 Å². The third kappa shape index (κ3) is 5.43. The van der Waals surface area contributed by atoms with E-state index in [4.69, 9.17) is 4.74 Å². The fourth-order valence-corrected chi connectivity index (χ4v) is 4.87. The number of aromatic nitrogens is 3. The molecule has 0 aliphatic carbocycles. The van der Waals surface area contributed by atoms with E-state index in [-0.39, 0.29) is 11.7 Å². The summed E-state index contributed by atoms with van der Waals surface area (Å²) in [5.41, 5.74) is 1.09. The highest BCUT2D eigenvalue weighted by molar-refractivity contribution is 7.99. The molecule has 2 aromatic heterocycles. The maximum Gasteiger partial charge on any atom is 0.233 e. The van der Waals surface area contributed by atoms with Gasteiger partial charge >= 0.3 is 0 Å². The lowest BCUT2D eigenvalue weighted by molar-refractivity contribution is -0.127. The van der Waals surface area contributed by atoms with Gasteiger partial charge in [0.25, 0.3) is 0 Å². The Balaban J connectivity index is 1.60. The van der Waals surface area contributed by atoms with Crippen LogP contribution in [0, 0.1) is 5.82 Å². The summed E-state index contributed by atoms with van der Waals surface area (Å²) in [7, 11) is 1.77. The summed E-state index contributed by atoms with van der Waals surface area (Å²) in [5.74, 6) is 0.960. The summed E-state index contributed by atoms with van der Waals surface area (Å²) < 4.78 is 21.9. The van der Waals surface area contributed by atoms with Gasteiger partial charge in [-0.1, -0.05) is 30.0 Å². The Hall–Kier alpha value is -3.17. The minimum atomic E-state index is -0.396. The maximum atomic E-state index is 14.8. The number of thioether (sulfide) groups is 1. The molecule has 0 atom stereocenters. The first-order chi connectivity index (χ1) is 16.1. The van der Waals surface area contributed by atoms with Crippen molar-refractivity contribution in [1.29, 1.82) is 0 Å². The van der Waals surface area contributed by atoms with E-state index in [2.05, 4.69) is 10.2 Å². The van der Waals surface area contributed by atoms with Gasteiger partial charge in [-0.25, -0.2) is 4.39 Å². The van der Waals surface area contributed by atoms with Crippen molar-refractivity contribution in [2.24, 2.45) is 0 Å². The molecule has 0 aliphatic rings. The van der Waals surface area contributed by atoms with E-state index >= 15 is 0 Å². The molecule has 0 N–H and O–H groups in total. The van der Waals surface area contributed by atoms with Crippen molar-refractivity contribution in [2.45, 2.75) is 18.6 Å². The summed E-state index contributed by atoms with van der Waals surface area (Å²) in [6.07, 6.45) is 0. The zero-order valence-electron chi connectivity index (χ0n) is 18.3. The monoisotopic (exact) mass is 482 g/mol. The van der Waals surface area contributed by atoms with E-state index in [0.29, 0.717) is 29.8 Å². The van der Waals surface area contributed by atoms with Crippen LogP contribution in [0.3, 0.4) is 0 Å². The third-order valence-corrected chi connectivity index (χ3v) is 6.65. The predicted octanol–water partition coefficient (Wildman–Crippen LogP) is 5.28. The number of nitrogens with zero attached hydrogens (tertiary/aromatic N) is 4. The van der Waals surface area contributed by atoms with Crippen LogP contribution in [0.1, 0.15) is 11.8 Å². The van der Waals surface area contributed by atoms with Gasteiger partial charge in [-0.05, 0) is 54.8 Å². The SMILES string of the molecule is CCOc1ccc(-c2nnc(SCC(=O)N(C)Cc3cccs3)n2-c2ccccc2F)cc1. The molecule has 170 valence electrons. The van der Waals surface area contributed by atoms with E-state index < -0.39 is 5.82 Å². The molecule has 4 rings (SSSR count). The molecule has 0 saturated carbocycles. The number of hydrogen-bond acceptors (Lipinski definition) is 6. The van der Waals surface area contributed by atoms with Crippen LogP contribution in [0.2, 0.25) is 0 Å². The molecule has 4 aromatic rings. The topological polar surface area (TPSA) is 60.3 Å². The first-order valence-electron chi connectivity index (χ1n) is 10.4. The highest BCUT2D eigenvalue weighted by Crippen LogP contribution is 2.30. The van der Waals surface area contributed by atoms with E-state index in [0.717, 1.165) is 16.2 Å². The molecule has 0 saturated heterocycles. The van der Waals surface area contributed by atoms with Gasteiger partial charge in [-0.2, -0.15) is 0 Å². The second-order valence-corrected chi connectivity index (χ2v) is 9.14. The summed E-state index contributed by atoms with van der Waals surface area (Å²) in [6.45, 7) is 3.04. The van der Waals surface area contributed by atoms with Crippen molar-refractivity contribution in [3.8, 4) is 22.8 Å². The number of carbonyl (C=O) groups is 1. The lowest BCUT2D eigenvalue weighted by atomic mass is 10.2. The van der Waals surface area contributed by atoms with Crippen LogP contribution in [-0.2, 0) is 11.3 Å². The number of para-hydroxylation sites is 1. The van der Waals surface area contributed by atoms with Gasteiger partial charge < -0.3 is 9.64 Å². The molecule has 0 spiro atoms. The Labute approximate surface area is 200 Å². The largest absolute Gasteiger partial charge is 0.494 e. The Morgan fingerprint density at radius 2 is 1.91 bits per heavy atom. The number of carbonyl (C=O) groups excluding carboxylic acids is 1. The van der Waals surface area contributed by atoms with Crippen LogP contribution < -0.4 is 4.74 Å². The Morgan fingerprint density at radius 3 is 2.61 bits per heavy atom. The Morgan fingerprint density at radius 1 is 1.12 bits per heavy atom. The van der Waals surface area contributed by atoms with Crippen LogP contribution >= 0.6 is 23.1 Å². The van der Waals surface area contributed by atoms with Crippen molar-refractivity contribution < 1.29 is 13.9 Å². The predicted molar refractivity (Wildman–Crippen MR) is 129 cm³/mol. The molecular weight excluding hydrogens is 459 g/mol. The van der Waals surface area contributed by atoms with Crippen molar-refractivity contribution in [2.75, 3.05) is 19.4 Å². The zero-order valence-corrected chi connectivity index (χ0v) is 19.9. The smallest absolute Gasteiger partial charge is 0.233 e. The lowest BCUT2D eigenvalue weighted by Gasteiger charge is -2.16. The Kier molecular flexibility index (Phi) is 7.41. The quantitative estimate of drug-likeness (QED) is 0.304. The maximum absolute atomic E-state index is 14.8. The Bertz CT molecular complexity index is 1210. The molecule has 0 fully saturated rings. The van der Waals surface area contributed by atoms with Crippen LogP contribution in [0.5, 0.6) is 5.75 Å². The average Bonchev–Trinajstić information content (AvgIpc) is 3.48. The normalized spacial score (nSPS) is 10.9. The molecule has 33 heavy (non-hydrogen) atoms. The molecule has 0 aliphatic heterocycles. The number of hydrogen-bond donors (Lipinski definition) is 0. The van der Waals surface area contributed by atoms with Crippen LogP contribution in [0.15, 0.2) is 71.2 Å². The highest BCUT2D eigenvalue weighted by Gasteiger charge is 2.20. The summed E-state index contributed by atoms with van der Waals surface area (Å²) in [5, 5.41) is 11.0. The molecule has 0 bridgehead atoms. The van der Waals surface area contributed by atoms with Gasteiger partial charge in [0.2, 0.25) is 5.91 Å². The summed E-state index contributed by atoms with van der Waals surface area (Å²) in [6, 6.07) is 17.8. The third-order valence-electron chi connectivity index (χ3n) is 4.87. The van der Waals surface area contributed by atoms with E-state index in [1.807, 2.05) is 48.7 Å². The first-order valence-corrected chi connectivity index (χ1v) is 12.3. The van der Waals surface area contributed by atoms with Gasteiger partial charge in [0, 0.05) is 17.5 Å². The molecule has 6 nitrogen and oxygen atoms in total. The molecule has 0 radical (unpaired) electrons. The number of thiophene rings is 1. The van der Waals surface area contributed by atoms with E-state index in [1.165, 1.54) is 17.8 Å². The number of ether oxygens (including phenoxy) is 1. The van der Waals surface area contributed by atoms with Crippen LogP contribution in [0.4, 0.5) is 4.39 Å². The highest BCUT2D eigenvalue weighted by atomic mass is 32.2. The molecule has 1 amide bonds. The zero-order chi connectivity index (χ0) is 23.2. The lowest BCUT2D eigenvalue weighted by Crippen LogP contribution is -2.27. The number of benzene rings is 2. The minimum absolute atomic E-state index is 0.0425. The second-order valence-electron chi connectivity index (χ2n) is 7.17. The molecule has 2 aromatic carbocycles. The van der Waals surface area contributed by atoms with Crippen LogP contribution in [-0.4, -0.2) is 45.0 Å². The number of rotatable bonds is 9. The summed E-state index contributed by atoms with van der Waals surface area (Å²) >= 11 is 2.85. The van der Waals surface area contributed by atoms with E-state index in [9.17, 15) is 9.18 Å². The van der Waals surface area contributed by atoms with Gasteiger partial charge in [-0.3, -0.25) is 9.36 Å². The standard InChI is InChI=1S/C24H23FN4O2S2/c1-3-31-18-12-10-17(11-13-18)23-26-27-24(29(23)21-9-5-4-8-20(21)25)33-16-22(30)28(2)15-19-7-6-14-32-19/h4-14H,3,15-16H2,1-2H3. The van der Waals surface area contributed by atoms with Crippen LogP contribution in [0.25, 0.3) is 17.1 Å². The molecule has 9 heteroatoms.